The van der Waals surface area contributed by atoms with Crippen molar-refractivity contribution >= 4 is 23.2 Å². The molecule has 1 N–H and O–H groups in total. The SMILES string of the molecule is CCn1nccc1Nc1cc(C(C)C)c(Cl)cn1. The maximum atomic E-state index is 6.12. The molecule has 5 heteroatoms. The Morgan fingerprint density at radius 1 is 1.44 bits per heavy atom. The molecule has 0 aromatic carbocycles. The van der Waals surface area contributed by atoms with Gasteiger partial charge in [0.15, 0.2) is 0 Å². The second-order valence-electron chi connectivity index (χ2n) is 4.40. The van der Waals surface area contributed by atoms with Crippen LogP contribution < -0.4 is 5.32 Å². The summed E-state index contributed by atoms with van der Waals surface area (Å²) in [4.78, 5) is 4.29. The van der Waals surface area contributed by atoms with E-state index in [9.17, 15) is 0 Å². The Morgan fingerprint density at radius 2 is 2.22 bits per heavy atom. The number of aryl methyl sites for hydroxylation is 1. The maximum Gasteiger partial charge on any atom is 0.131 e. The van der Waals surface area contributed by atoms with E-state index >= 15 is 0 Å². The molecule has 0 bridgehead atoms. The zero-order valence-corrected chi connectivity index (χ0v) is 11.6. The summed E-state index contributed by atoms with van der Waals surface area (Å²) < 4.78 is 1.88. The average molecular weight is 265 g/mol. The summed E-state index contributed by atoms with van der Waals surface area (Å²) in [7, 11) is 0. The first-order valence-corrected chi connectivity index (χ1v) is 6.44. The largest absolute Gasteiger partial charge is 0.325 e. The van der Waals surface area contributed by atoms with Gasteiger partial charge in [0.1, 0.15) is 11.6 Å². The van der Waals surface area contributed by atoms with E-state index in [1.165, 1.54) is 0 Å². The predicted molar refractivity (Wildman–Crippen MR) is 74.5 cm³/mol. The number of anilines is 2. The van der Waals surface area contributed by atoms with Gasteiger partial charge in [-0.1, -0.05) is 25.4 Å². The molecule has 0 atom stereocenters. The van der Waals surface area contributed by atoms with Gasteiger partial charge in [-0.3, -0.25) is 0 Å². The zero-order chi connectivity index (χ0) is 13.1. The van der Waals surface area contributed by atoms with Crippen LogP contribution in [-0.2, 0) is 6.54 Å². The van der Waals surface area contributed by atoms with Crippen molar-refractivity contribution in [3.63, 3.8) is 0 Å². The lowest BCUT2D eigenvalue weighted by atomic mass is 10.1. The number of hydrogen-bond donors (Lipinski definition) is 1. The van der Waals surface area contributed by atoms with Crippen LogP contribution in [0.15, 0.2) is 24.5 Å². The molecule has 0 aliphatic carbocycles. The van der Waals surface area contributed by atoms with Crippen molar-refractivity contribution in [3.8, 4) is 0 Å². The average Bonchev–Trinajstić information content (AvgIpc) is 2.78. The lowest BCUT2D eigenvalue weighted by Crippen LogP contribution is -2.04. The fourth-order valence-corrected chi connectivity index (χ4v) is 2.11. The van der Waals surface area contributed by atoms with Gasteiger partial charge in [0.2, 0.25) is 0 Å². The highest BCUT2D eigenvalue weighted by molar-refractivity contribution is 6.31. The fourth-order valence-electron chi connectivity index (χ4n) is 1.79. The van der Waals surface area contributed by atoms with E-state index in [1.54, 1.807) is 12.4 Å². The number of rotatable bonds is 4. The highest BCUT2D eigenvalue weighted by Crippen LogP contribution is 2.26. The summed E-state index contributed by atoms with van der Waals surface area (Å²) in [5.74, 6) is 2.09. The minimum atomic E-state index is 0.372. The Hall–Kier alpha value is -1.55. The Morgan fingerprint density at radius 3 is 2.89 bits per heavy atom. The van der Waals surface area contributed by atoms with Crippen LogP contribution in [0.1, 0.15) is 32.3 Å². The van der Waals surface area contributed by atoms with Crippen LogP contribution in [0.3, 0.4) is 0 Å². The number of halogens is 1. The number of aromatic nitrogens is 3. The van der Waals surface area contributed by atoms with Gasteiger partial charge in [-0.15, -0.1) is 0 Å². The van der Waals surface area contributed by atoms with E-state index in [2.05, 4.69) is 29.2 Å². The summed E-state index contributed by atoms with van der Waals surface area (Å²) in [6.07, 6.45) is 3.46. The van der Waals surface area contributed by atoms with Crippen molar-refractivity contribution in [2.24, 2.45) is 0 Å². The topological polar surface area (TPSA) is 42.7 Å². The summed E-state index contributed by atoms with van der Waals surface area (Å²) >= 11 is 6.12. The summed E-state index contributed by atoms with van der Waals surface area (Å²) in [6, 6.07) is 3.91. The first-order valence-electron chi connectivity index (χ1n) is 6.06. The van der Waals surface area contributed by atoms with Gasteiger partial charge in [-0.2, -0.15) is 5.10 Å². The van der Waals surface area contributed by atoms with Gasteiger partial charge in [0, 0.05) is 18.8 Å². The van der Waals surface area contributed by atoms with Crippen molar-refractivity contribution in [1.29, 1.82) is 0 Å². The van der Waals surface area contributed by atoms with Crippen molar-refractivity contribution in [3.05, 3.63) is 35.1 Å². The van der Waals surface area contributed by atoms with E-state index in [1.807, 2.05) is 23.7 Å². The number of nitrogens with zero attached hydrogens (tertiary/aromatic N) is 3. The fraction of sp³-hybridized carbons (Fsp3) is 0.385. The quantitative estimate of drug-likeness (QED) is 0.913. The van der Waals surface area contributed by atoms with E-state index in [4.69, 9.17) is 11.6 Å². The molecule has 2 aromatic heterocycles. The van der Waals surface area contributed by atoms with Crippen LogP contribution in [0.5, 0.6) is 0 Å². The van der Waals surface area contributed by atoms with E-state index < -0.39 is 0 Å². The van der Waals surface area contributed by atoms with Gasteiger partial charge in [-0.05, 0) is 24.5 Å². The minimum Gasteiger partial charge on any atom is -0.325 e. The Bertz CT molecular complexity index is 534. The Kier molecular flexibility index (Phi) is 3.87. The second-order valence-corrected chi connectivity index (χ2v) is 4.81. The highest BCUT2D eigenvalue weighted by Gasteiger charge is 2.08. The van der Waals surface area contributed by atoms with Crippen molar-refractivity contribution in [1.82, 2.24) is 14.8 Å². The normalized spacial score (nSPS) is 10.9. The molecule has 96 valence electrons. The van der Waals surface area contributed by atoms with Crippen LogP contribution in [0.4, 0.5) is 11.6 Å². The van der Waals surface area contributed by atoms with Crippen LogP contribution in [-0.4, -0.2) is 14.8 Å². The second kappa shape index (κ2) is 5.40. The molecule has 0 unspecified atom stereocenters. The molecule has 2 aromatic rings. The van der Waals surface area contributed by atoms with Gasteiger partial charge in [0.25, 0.3) is 0 Å². The van der Waals surface area contributed by atoms with Gasteiger partial charge in [-0.25, -0.2) is 9.67 Å². The summed E-state index contributed by atoms with van der Waals surface area (Å²) in [5.41, 5.74) is 1.09. The van der Waals surface area contributed by atoms with Crippen LogP contribution >= 0.6 is 11.6 Å². The molecule has 0 spiro atoms. The molecule has 4 nitrogen and oxygen atoms in total. The molecule has 2 heterocycles. The molecule has 0 radical (unpaired) electrons. The molecular weight excluding hydrogens is 248 g/mol. The van der Waals surface area contributed by atoms with Crippen LogP contribution in [0.25, 0.3) is 0 Å². The molecule has 0 saturated heterocycles. The van der Waals surface area contributed by atoms with E-state index in [0.29, 0.717) is 10.9 Å². The monoisotopic (exact) mass is 264 g/mol. The van der Waals surface area contributed by atoms with Crippen LogP contribution in [0, 0.1) is 0 Å². The van der Waals surface area contributed by atoms with Gasteiger partial charge >= 0.3 is 0 Å². The zero-order valence-electron chi connectivity index (χ0n) is 10.8. The number of hydrogen-bond acceptors (Lipinski definition) is 3. The molecule has 0 amide bonds. The van der Waals surface area contributed by atoms with Crippen LogP contribution in [0.2, 0.25) is 5.02 Å². The lowest BCUT2D eigenvalue weighted by Gasteiger charge is -2.12. The molecule has 0 aliphatic rings. The molecule has 0 fully saturated rings. The van der Waals surface area contributed by atoms with Crippen molar-refractivity contribution in [2.75, 3.05) is 5.32 Å². The Balaban J connectivity index is 2.27. The highest BCUT2D eigenvalue weighted by atomic mass is 35.5. The molecule has 18 heavy (non-hydrogen) atoms. The lowest BCUT2D eigenvalue weighted by molar-refractivity contribution is 0.668. The molecule has 0 saturated carbocycles. The van der Waals surface area contributed by atoms with Gasteiger partial charge in [0.05, 0.1) is 11.2 Å². The standard InChI is InChI=1S/C13H17ClN4/c1-4-18-13(5-6-16-18)17-12-7-10(9(2)3)11(14)8-15-12/h5-9H,4H2,1-3H3,(H,15,17). The summed E-state index contributed by atoms with van der Waals surface area (Å²) in [6.45, 7) is 7.09. The third-order valence-electron chi connectivity index (χ3n) is 2.78. The van der Waals surface area contributed by atoms with E-state index in [-0.39, 0.29) is 0 Å². The van der Waals surface area contributed by atoms with Crippen molar-refractivity contribution in [2.45, 2.75) is 33.2 Å². The maximum absolute atomic E-state index is 6.12. The molecular formula is C13H17ClN4. The Labute approximate surface area is 112 Å². The molecule has 0 aliphatic heterocycles. The predicted octanol–water partition coefficient (Wildman–Crippen LogP) is 3.82. The third kappa shape index (κ3) is 2.64. The smallest absolute Gasteiger partial charge is 0.131 e. The minimum absolute atomic E-state index is 0.372. The molecule has 2 rings (SSSR count). The third-order valence-corrected chi connectivity index (χ3v) is 3.10. The van der Waals surface area contributed by atoms with E-state index in [0.717, 1.165) is 23.7 Å². The number of pyridine rings is 1. The van der Waals surface area contributed by atoms with Crippen molar-refractivity contribution < 1.29 is 0 Å². The first-order chi connectivity index (χ1) is 8.61. The van der Waals surface area contributed by atoms with Gasteiger partial charge < -0.3 is 5.32 Å². The first kappa shape index (κ1) is 12.9. The number of nitrogens with one attached hydrogen (secondary N) is 1. The summed E-state index contributed by atoms with van der Waals surface area (Å²) in [5, 5.41) is 8.17.